The van der Waals surface area contributed by atoms with Gasteiger partial charge in [-0.1, -0.05) is 0 Å². The number of rotatable bonds is 4. The number of carboxylic acids is 1. The number of nitrogens with one attached hydrogen (secondary N) is 1. The van der Waals surface area contributed by atoms with Gasteiger partial charge in [-0.3, -0.25) is 14.5 Å². The highest BCUT2D eigenvalue weighted by Gasteiger charge is 2.30. The number of carbonyl (C=O) groups is 2. The van der Waals surface area contributed by atoms with E-state index in [1.807, 2.05) is 0 Å². The van der Waals surface area contributed by atoms with Crippen LogP contribution in [0.1, 0.15) is 12.8 Å². The van der Waals surface area contributed by atoms with Crippen LogP contribution in [0.15, 0.2) is 0 Å². The largest absolute Gasteiger partial charge is 0.480 e. The first-order valence-electron chi connectivity index (χ1n) is 6.58. The molecule has 2 aliphatic rings. The predicted molar refractivity (Wildman–Crippen MR) is 65.8 cm³/mol. The summed E-state index contributed by atoms with van der Waals surface area (Å²) in [5.41, 5.74) is 0. The van der Waals surface area contributed by atoms with E-state index in [1.54, 1.807) is 4.90 Å². The lowest BCUT2D eigenvalue weighted by molar-refractivity contribution is -0.150. The fourth-order valence-electron chi connectivity index (χ4n) is 2.35. The Bertz CT molecular complexity index is 330. The van der Waals surface area contributed by atoms with Gasteiger partial charge in [-0.15, -0.1) is 0 Å². The predicted octanol–water partition coefficient (Wildman–Crippen LogP) is -0.933. The molecule has 1 amide bonds. The normalized spacial score (nSPS) is 26.0. The number of nitrogens with zero attached hydrogens (tertiary/aromatic N) is 1. The first-order valence-corrected chi connectivity index (χ1v) is 6.58. The van der Waals surface area contributed by atoms with Gasteiger partial charge in [0.2, 0.25) is 5.91 Å². The Morgan fingerprint density at radius 1 is 1.21 bits per heavy atom. The number of hydrogen-bond acceptors (Lipinski definition) is 5. The summed E-state index contributed by atoms with van der Waals surface area (Å²) in [6.07, 6.45) is 1.63. The first kappa shape index (κ1) is 14.2. The average molecular weight is 272 g/mol. The lowest BCUT2D eigenvalue weighted by Gasteiger charge is -2.32. The van der Waals surface area contributed by atoms with Gasteiger partial charge in [-0.05, 0) is 12.8 Å². The van der Waals surface area contributed by atoms with Crippen molar-refractivity contribution in [1.82, 2.24) is 10.2 Å². The molecule has 2 heterocycles. The molecule has 0 aromatic heterocycles. The molecule has 0 spiro atoms. The molecule has 2 aliphatic heterocycles. The van der Waals surface area contributed by atoms with E-state index in [-0.39, 0.29) is 25.1 Å². The van der Waals surface area contributed by atoms with Crippen LogP contribution in [0.4, 0.5) is 0 Å². The topological polar surface area (TPSA) is 88.1 Å². The Hall–Kier alpha value is -1.18. The van der Waals surface area contributed by atoms with E-state index < -0.39 is 12.0 Å². The summed E-state index contributed by atoms with van der Waals surface area (Å²) in [4.78, 5) is 24.6. The van der Waals surface area contributed by atoms with Crippen molar-refractivity contribution in [1.29, 1.82) is 0 Å². The van der Waals surface area contributed by atoms with Crippen LogP contribution in [-0.4, -0.2) is 73.5 Å². The Morgan fingerprint density at radius 2 is 1.95 bits per heavy atom. The fraction of sp³-hybridized carbons (Fsp3) is 0.833. The summed E-state index contributed by atoms with van der Waals surface area (Å²) in [5.74, 6) is -1.07. The number of ether oxygens (including phenoxy) is 2. The van der Waals surface area contributed by atoms with Crippen molar-refractivity contribution >= 4 is 11.9 Å². The zero-order valence-corrected chi connectivity index (χ0v) is 10.8. The van der Waals surface area contributed by atoms with Crippen LogP contribution in [0, 0.1) is 0 Å². The quantitative estimate of drug-likeness (QED) is 0.687. The minimum Gasteiger partial charge on any atom is -0.480 e. The standard InChI is InChI=1S/C12H20N2O5/c15-11(13-9-1-4-18-5-2-9)7-14-3-6-19-8-10(14)12(16)17/h9-10H,1-8H2,(H,13,15)(H,16,17). The number of amides is 1. The van der Waals surface area contributed by atoms with E-state index in [0.717, 1.165) is 12.8 Å². The second kappa shape index (κ2) is 6.83. The maximum absolute atomic E-state index is 11.9. The fourth-order valence-corrected chi connectivity index (χ4v) is 2.35. The molecule has 0 saturated carbocycles. The summed E-state index contributed by atoms with van der Waals surface area (Å²) in [7, 11) is 0. The monoisotopic (exact) mass is 272 g/mol. The van der Waals surface area contributed by atoms with E-state index >= 15 is 0 Å². The molecule has 1 atom stereocenters. The van der Waals surface area contributed by atoms with Crippen LogP contribution in [0.2, 0.25) is 0 Å². The molecule has 2 fully saturated rings. The summed E-state index contributed by atoms with van der Waals surface area (Å²) >= 11 is 0. The molecule has 0 bridgehead atoms. The van der Waals surface area contributed by atoms with Gasteiger partial charge in [0.25, 0.3) is 0 Å². The number of carboxylic acid groups (broad SMARTS) is 1. The molecule has 2 saturated heterocycles. The number of morpholine rings is 1. The number of aliphatic carboxylic acids is 1. The van der Waals surface area contributed by atoms with Crippen LogP contribution in [0.5, 0.6) is 0 Å². The van der Waals surface area contributed by atoms with Crippen molar-refractivity contribution in [2.45, 2.75) is 24.9 Å². The van der Waals surface area contributed by atoms with Crippen LogP contribution in [-0.2, 0) is 19.1 Å². The average Bonchev–Trinajstić information content (AvgIpc) is 2.40. The summed E-state index contributed by atoms with van der Waals surface area (Å²) in [5, 5.41) is 12.0. The zero-order chi connectivity index (χ0) is 13.7. The Kier molecular flexibility index (Phi) is 5.12. The number of hydrogen-bond donors (Lipinski definition) is 2. The van der Waals surface area contributed by atoms with Crippen molar-refractivity contribution in [2.24, 2.45) is 0 Å². The lowest BCUT2D eigenvalue weighted by atomic mass is 10.1. The molecule has 1 unspecified atom stereocenters. The van der Waals surface area contributed by atoms with Crippen LogP contribution in [0.3, 0.4) is 0 Å². The van der Waals surface area contributed by atoms with Crippen molar-refractivity contribution in [2.75, 3.05) is 39.5 Å². The lowest BCUT2D eigenvalue weighted by Crippen LogP contribution is -2.54. The van der Waals surface area contributed by atoms with Crippen LogP contribution >= 0.6 is 0 Å². The third-order valence-electron chi connectivity index (χ3n) is 3.46. The summed E-state index contributed by atoms with van der Waals surface area (Å²) < 4.78 is 10.4. The second-order valence-corrected chi connectivity index (χ2v) is 4.85. The third kappa shape index (κ3) is 4.15. The molecule has 0 aliphatic carbocycles. The van der Waals surface area contributed by atoms with Crippen LogP contribution in [0.25, 0.3) is 0 Å². The van der Waals surface area contributed by atoms with Crippen molar-refractivity contribution in [3.05, 3.63) is 0 Å². The van der Waals surface area contributed by atoms with Gasteiger partial charge in [0.15, 0.2) is 0 Å². The Morgan fingerprint density at radius 3 is 2.63 bits per heavy atom. The smallest absolute Gasteiger partial charge is 0.323 e. The highest BCUT2D eigenvalue weighted by molar-refractivity contribution is 5.80. The van der Waals surface area contributed by atoms with E-state index in [1.165, 1.54) is 0 Å². The van der Waals surface area contributed by atoms with Gasteiger partial charge in [0.1, 0.15) is 6.04 Å². The maximum atomic E-state index is 11.9. The van der Waals surface area contributed by atoms with Gasteiger partial charge >= 0.3 is 5.97 Å². The van der Waals surface area contributed by atoms with Crippen molar-refractivity contribution in [3.63, 3.8) is 0 Å². The number of carbonyl (C=O) groups excluding carboxylic acids is 1. The van der Waals surface area contributed by atoms with Crippen molar-refractivity contribution in [3.8, 4) is 0 Å². The molecule has 7 nitrogen and oxygen atoms in total. The molecule has 19 heavy (non-hydrogen) atoms. The van der Waals surface area contributed by atoms with E-state index in [9.17, 15) is 9.59 Å². The SMILES string of the molecule is O=C(CN1CCOCC1C(=O)O)NC1CCOCC1. The van der Waals surface area contributed by atoms with Gasteiger partial charge in [0.05, 0.1) is 19.8 Å². The first-order chi connectivity index (χ1) is 9.16. The molecule has 7 heteroatoms. The van der Waals surface area contributed by atoms with Gasteiger partial charge in [0, 0.05) is 25.8 Å². The maximum Gasteiger partial charge on any atom is 0.323 e. The highest BCUT2D eigenvalue weighted by atomic mass is 16.5. The van der Waals surface area contributed by atoms with E-state index in [4.69, 9.17) is 14.6 Å². The highest BCUT2D eigenvalue weighted by Crippen LogP contribution is 2.09. The Labute approximate surface area is 111 Å². The summed E-state index contributed by atoms with van der Waals surface area (Å²) in [6, 6.07) is -0.584. The third-order valence-corrected chi connectivity index (χ3v) is 3.46. The minimum atomic E-state index is -0.946. The summed E-state index contributed by atoms with van der Waals surface area (Å²) in [6.45, 7) is 2.52. The van der Waals surface area contributed by atoms with E-state index in [0.29, 0.717) is 26.4 Å². The second-order valence-electron chi connectivity index (χ2n) is 4.85. The molecular weight excluding hydrogens is 252 g/mol. The zero-order valence-electron chi connectivity index (χ0n) is 10.8. The van der Waals surface area contributed by atoms with Gasteiger partial charge in [-0.25, -0.2) is 0 Å². The van der Waals surface area contributed by atoms with Crippen LogP contribution < -0.4 is 5.32 Å². The molecule has 2 N–H and O–H groups in total. The molecule has 2 rings (SSSR count). The van der Waals surface area contributed by atoms with Gasteiger partial charge < -0.3 is 19.9 Å². The Balaban J connectivity index is 1.80. The minimum absolute atomic E-state index is 0.109. The molecule has 0 aromatic carbocycles. The molecule has 0 radical (unpaired) electrons. The molecular formula is C12H20N2O5. The van der Waals surface area contributed by atoms with Crippen molar-refractivity contribution < 1.29 is 24.2 Å². The van der Waals surface area contributed by atoms with E-state index in [2.05, 4.69) is 5.32 Å². The molecule has 108 valence electrons. The van der Waals surface area contributed by atoms with Gasteiger partial charge in [-0.2, -0.15) is 0 Å². The molecule has 0 aromatic rings.